The summed E-state index contributed by atoms with van der Waals surface area (Å²) >= 11 is 0. The summed E-state index contributed by atoms with van der Waals surface area (Å²) in [4.78, 5) is 2.45. The van der Waals surface area contributed by atoms with Gasteiger partial charge in [0.25, 0.3) is 0 Å². The number of ether oxygens (including phenoxy) is 1. The standard InChI is InChI=1S/C12H17N3O/c1-2-4-12-11(3-1)13-15(12)6-5-14-7-9-16-10-8-14/h1-4,13H,5-10H2. The normalized spacial score (nSPS) is 18.2. The van der Waals surface area contributed by atoms with Crippen LogP contribution in [0.3, 0.4) is 0 Å². The van der Waals surface area contributed by atoms with E-state index in [9.17, 15) is 0 Å². The molecule has 1 N–H and O–H groups in total. The minimum absolute atomic E-state index is 0.879. The molecule has 1 aromatic heterocycles. The van der Waals surface area contributed by atoms with Crippen LogP contribution >= 0.6 is 0 Å². The van der Waals surface area contributed by atoms with E-state index in [0.29, 0.717) is 0 Å². The summed E-state index contributed by atoms with van der Waals surface area (Å²) in [5.41, 5.74) is 2.56. The average molecular weight is 219 g/mol. The van der Waals surface area contributed by atoms with Crippen molar-refractivity contribution in [1.82, 2.24) is 14.7 Å². The second-order valence-corrected chi connectivity index (χ2v) is 4.23. The number of aromatic amines is 1. The molecule has 2 aromatic rings. The minimum Gasteiger partial charge on any atom is -0.379 e. The van der Waals surface area contributed by atoms with Crippen LogP contribution in [0.15, 0.2) is 24.3 Å². The van der Waals surface area contributed by atoms with Crippen LogP contribution in [0.5, 0.6) is 0 Å². The lowest BCUT2D eigenvalue weighted by Gasteiger charge is -2.27. The van der Waals surface area contributed by atoms with Gasteiger partial charge in [0.15, 0.2) is 0 Å². The van der Waals surface area contributed by atoms with Gasteiger partial charge in [-0.25, -0.2) is 0 Å². The van der Waals surface area contributed by atoms with E-state index in [4.69, 9.17) is 4.74 Å². The van der Waals surface area contributed by atoms with Gasteiger partial charge in [0.1, 0.15) is 0 Å². The summed E-state index contributed by atoms with van der Waals surface area (Å²) in [5.74, 6) is 0. The van der Waals surface area contributed by atoms with E-state index in [0.717, 1.165) is 39.4 Å². The number of hydrogen-bond acceptors (Lipinski definition) is 2. The number of H-pyrrole nitrogens is 1. The van der Waals surface area contributed by atoms with E-state index >= 15 is 0 Å². The number of aromatic nitrogens is 2. The maximum Gasteiger partial charge on any atom is 0.0821 e. The van der Waals surface area contributed by atoms with Gasteiger partial charge < -0.3 is 4.74 Å². The molecule has 0 saturated carbocycles. The molecule has 1 aromatic carbocycles. The SMILES string of the molecule is c1ccc2c(c1)[nH]n2CCN1CCOCC1. The predicted octanol–water partition coefficient (Wildman–Crippen LogP) is 1.30. The zero-order chi connectivity index (χ0) is 10.8. The highest BCUT2D eigenvalue weighted by molar-refractivity contribution is 5.76. The molecular formula is C12H17N3O. The molecule has 0 atom stereocenters. The average Bonchev–Trinajstić information content (AvgIpc) is 2.32. The number of para-hydroxylation sites is 2. The molecule has 1 saturated heterocycles. The van der Waals surface area contributed by atoms with Crippen LogP contribution < -0.4 is 0 Å². The van der Waals surface area contributed by atoms with Crippen molar-refractivity contribution in [2.45, 2.75) is 6.54 Å². The third kappa shape index (κ3) is 1.86. The molecule has 1 fully saturated rings. The highest BCUT2D eigenvalue weighted by Gasteiger charge is 2.11. The molecule has 0 radical (unpaired) electrons. The molecule has 0 spiro atoms. The Labute approximate surface area is 94.8 Å². The zero-order valence-corrected chi connectivity index (χ0v) is 9.35. The van der Waals surface area contributed by atoms with Crippen LogP contribution in [0.2, 0.25) is 0 Å². The summed E-state index contributed by atoms with van der Waals surface area (Å²) < 4.78 is 7.55. The number of morpholine rings is 1. The summed E-state index contributed by atoms with van der Waals surface area (Å²) in [5, 5.41) is 3.34. The molecular weight excluding hydrogens is 202 g/mol. The van der Waals surface area contributed by atoms with Crippen molar-refractivity contribution in [1.29, 1.82) is 0 Å². The highest BCUT2D eigenvalue weighted by atomic mass is 16.5. The summed E-state index contributed by atoms with van der Waals surface area (Å²) in [7, 11) is 0. The molecule has 0 aliphatic carbocycles. The summed E-state index contributed by atoms with van der Waals surface area (Å²) in [6.45, 7) is 6.03. The third-order valence-corrected chi connectivity index (χ3v) is 3.19. The highest BCUT2D eigenvalue weighted by Crippen LogP contribution is 2.13. The first-order valence-electron chi connectivity index (χ1n) is 5.87. The largest absolute Gasteiger partial charge is 0.379 e. The Hall–Kier alpha value is -1.26. The van der Waals surface area contributed by atoms with Crippen LogP contribution in [0, 0.1) is 0 Å². The van der Waals surface area contributed by atoms with Gasteiger partial charge in [-0.15, -0.1) is 0 Å². The van der Waals surface area contributed by atoms with E-state index in [-0.39, 0.29) is 0 Å². The topological polar surface area (TPSA) is 33.2 Å². The Morgan fingerprint density at radius 1 is 1.12 bits per heavy atom. The molecule has 0 amide bonds. The van der Waals surface area contributed by atoms with E-state index < -0.39 is 0 Å². The molecule has 0 unspecified atom stereocenters. The van der Waals surface area contributed by atoms with Crippen LogP contribution in [0.1, 0.15) is 0 Å². The second kappa shape index (κ2) is 4.31. The summed E-state index contributed by atoms with van der Waals surface area (Å²) in [6, 6.07) is 8.41. The fourth-order valence-electron chi connectivity index (χ4n) is 2.20. The number of fused-ring (bicyclic) bond motifs is 1. The fourth-order valence-corrected chi connectivity index (χ4v) is 2.20. The van der Waals surface area contributed by atoms with E-state index in [1.165, 1.54) is 11.0 Å². The van der Waals surface area contributed by atoms with Gasteiger partial charge >= 0.3 is 0 Å². The van der Waals surface area contributed by atoms with Crippen LogP contribution in [0.4, 0.5) is 0 Å². The van der Waals surface area contributed by atoms with Gasteiger partial charge in [0.2, 0.25) is 0 Å². The van der Waals surface area contributed by atoms with E-state index in [1.54, 1.807) is 0 Å². The van der Waals surface area contributed by atoms with Crippen molar-refractivity contribution in [2.24, 2.45) is 0 Å². The third-order valence-electron chi connectivity index (χ3n) is 3.19. The fraction of sp³-hybridized carbons (Fsp3) is 0.500. The summed E-state index contributed by atoms with van der Waals surface area (Å²) in [6.07, 6.45) is 0. The number of nitrogens with zero attached hydrogens (tertiary/aromatic N) is 2. The van der Waals surface area contributed by atoms with Crippen molar-refractivity contribution in [3.8, 4) is 0 Å². The number of hydrogen-bond donors (Lipinski definition) is 1. The molecule has 4 nitrogen and oxygen atoms in total. The van der Waals surface area contributed by atoms with E-state index in [2.05, 4.69) is 38.9 Å². The quantitative estimate of drug-likeness (QED) is 0.844. The second-order valence-electron chi connectivity index (χ2n) is 4.23. The lowest BCUT2D eigenvalue weighted by Crippen LogP contribution is -2.38. The Bertz CT molecular complexity index is 453. The smallest absolute Gasteiger partial charge is 0.0821 e. The molecule has 86 valence electrons. The minimum atomic E-state index is 0.879. The van der Waals surface area contributed by atoms with Crippen LogP contribution in [0.25, 0.3) is 11.0 Å². The Kier molecular flexibility index (Phi) is 2.68. The predicted molar refractivity (Wildman–Crippen MR) is 63.5 cm³/mol. The first-order valence-corrected chi connectivity index (χ1v) is 5.87. The molecule has 1 aliphatic rings. The van der Waals surface area contributed by atoms with E-state index in [1.807, 2.05) is 0 Å². The van der Waals surface area contributed by atoms with Gasteiger partial charge in [-0.05, 0) is 12.1 Å². The van der Waals surface area contributed by atoms with Gasteiger partial charge in [-0.3, -0.25) is 14.7 Å². The van der Waals surface area contributed by atoms with Crippen LogP contribution in [-0.2, 0) is 11.3 Å². The number of benzene rings is 1. The van der Waals surface area contributed by atoms with Crippen molar-refractivity contribution in [3.05, 3.63) is 24.3 Å². The molecule has 1 aliphatic heterocycles. The first-order chi connectivity index (χ1) is 7.93. The van der Waals surface area contributed by atoms with Crippen molar-refractivity contribution in [2.75, 3.05) is 32.8 Å². The van der Waals surface area contributed by atoms with Gasteiger partial charge in [0, 0.05) is 19.6 Å². The Balaban J connectivity index is 1.59. The number of nitrogens with one attached hydrogen (secondary N) is 1. The Morgan fingerprint density at radius 3 is 2.75 bits per heavy atom. The van der Waals surface area contributed by atoms with Gasteiger partial charge in [-0.2, -0.15) is 0 Å². The van der Waals surface area contributed by atoms with Gasteiger partial charge in [0.05, 0.1) is 30.8 Å². The number of rotatable bonds is 3. The molecule has 16 heavy (non-hydrogen) atoms. The molecule has 3 rings (SSSR count). The molecule has 4 heteroatoms. The first kappa shape index (κ1) is 9.93. The maximum atomic E-state index is 5.33. The van der Waals surface area contributed by atoms with Crippen molar-refractivity contribution < 1.29 is 4.74 Å². The van der Waals surface area contributed by atoms with Crippen molar-refractivity contribution in [3.63, 3.8) is 0 Å². The van der Waals surface area contributed by atoms with Crippen LogP contribution in [-0.4, -0.2) is 47.5 Å². The maximum absolute atomic E-state index is 5.33. The van der Waals surface area contributed by atoms with Gasteiger partial charge in [-0.1, -0.05) is 12.1 Å². The lowest BCUT2D eigenvalue weighted by atomic mass is 10.3. The molecule has 2 heterocycles. The lowest BCUT2D eigenvalue weighted by molar-refractivity contribution is 0.0360. The molecule has 0 bridgehead atoms. The van der Waals surface area contributed by atoms with Crippen molar-refractivity contribution >= 4 is 11.0 Å². The zero-order valence-electron chi connectivity index (χ0n) is 9.35. The Morgan fingerprint density at radius 2 is 1.94 bits per heavy atom. The monoisotopic (exact) mass is 219 g/mol.